The summed E-state index contributed by atoms with van der Waals surface area (Å²) >= 11 is 1.66. The van der Waals surface area contributed by atoms with Gasteiger partial charge in [0.1, 0.15) is 0 Å². The van der Waals surface area contributed by atoms with Crippen LogP contribution >= 0.6 is 11.3 Å². The smallest absolute Gasteiger partial charge is 0.211 e. The molecule has 0 saturated carbocycles. The van der Waals surface area contributed by atoms with E-state index in [0.29, 0.717) is 19.0 Å². The molecule has 0 spiro atoms. The van der Waals surface area contributed by atoms with Crippen LogP contribution in [0.3, 0.4) is 0 Å². The first-order chi connectivity index (χ1) is 9.23. The Bertz CT molecular complexity index is 479. The summed E-state index contributed by atoms with van der Waals surface area (Å²) in [7, 11) is -3.19. The molecular weight excluding hydrogens is 292 g/mol. The fourth-order valence-corrected chi connectivity index (χ4v) is 3.87. The third-order valence-electron chi connectivity index (χ3n) is 3.06. The minimum Gasteiger partial charge on any atom is -0.314 e. The van der Waals surface area contributed by atoms with Crippen LogP contribution in [0.1, 0.15) is 39.0 Å². The SMILES string of the molecule is CC(C)NCCCS(=O)(=O)NCC(C)(C)c1cccs1. The van der Waals surface area contributed by atoms with E-state index in [1.54, 1.807) is 11.3 Å². The maximum absolute atomic E-state index is 12.0. The van der Waals surface area contributed by atoms with Gasteiger partial charge in [0.25, 0.3) is 0 Å². The van der Waals surface area contributed by atoms with Crippen molar-refractivity contribution in [1.82, 2.24) is 10.0 Å². The van der Waals surface area contributed by atoms with E-state index >= 15 is 0 Å². The van der Waals surface area contributed by atoms with Gasteiger partial charge in [-0.15, -0.1) is 11.3 Å². The molecular formula is C14H26N2O2S2. The average Bonchev–Trinajstić information content (AvgIpc) is 2.87. The summed E-state index contributed by atoms with van der Waals surface area (Å²) in [6.45, 7) is 9.39. The van der Waals surface area contributed by atoms with Gasteiger partial charge >= 0.3 is 0 Å². The Kier molecular flexibility index (Phi) is 6.64. The molecule has 0 aromatic carbocycles. The van der Waals surface area contributed by atoms with Gasteiger partial charge in [-0.1, -0.05) is 33.8 Å². The average molecular weight is 319 g/mol. The number of hydrogen-bond donors (Lipinski definition) is 2. The molecule has 0 bridgehead atoms. The first-order valence-corrected chi connectivity index (χ1v) is 9.51. The van der Waals surface area contributed by atoms with Crippen molar-refractivity contribution in [2.45, 2.75) is 45.6 Å². The van der Waals surface area contributed by atoms with Gasteiger partial charge < -0.3 is 5.32 Å². The lowest BCUT2D eigenvalue weighted by atomic mass is 9.92. The van der Waals surface area contributed by atoms with Gasteiger partial charge in [-0.05, 0) is 24.4 Å². The lowest BCUT2D eigenvalue weighted by molar-refractivity contribution is 0.507. The number of hydrogen-bond acceptors (Lipinski definition) is 4. The van der Waals surface area contributed by atoms with E-state index in [1.807, 2.05) is 17.5 Å². The van der Waals surface area contributed by atoms with Gasteiger partial charge in [0.05, 0.1) is 5.75 Å². The number of nitrogens with one attached hydrogen (secondary N) is 2. The van der Waals surface area contributed by atoms with Crippen LogP contribution < -0.4 is 10.0 Å². The molecule has 4 nitrogen and oxygen atoms in total. The predicted octanol–water partition coefficient (Wildman–Crippen LogP) is 2.33. The second-order valence-corrected chi connectivity index (χ2v) is 8.84. The summed E-state index contributed by atoms with van der Waals surface area (Å²) in [5.74, 6) is 0.174. The topological polar surface area (TPSA) is 58.2 Å². The molecule has 0 aliphatic rings. The molecule has 1 aromatic heterocycles. The molecule has 6 heteroatoms. The highest BCUT2D eigenvalue weighted by Gasteiger charge is 2.24. The molecule has 0 fully saturated rings. The Hall–Kier alpha value is -0.430. The Balaban J connectivity index is 2.39. The fourth-order valence-electron chi connectivity index (χ4n) is 1.77. The molecule has 116 valence electrons. The van der Waals surface area contributed by atoms with Crippen molar-refractivity contribution in [3.63, 3.8) is 0 Å². The zero-order valence-corrected chi connectivity index (χ0v) is 14.4. The first-order valence-electron chi connectivity index (χ1n) is 6.98. The molecule has 0 saturated heterocycles. The predicted molar refractivity (Wildman–Crippen MR) is 86.9 cm³/mol. The molecule has 0 aliphatic carbocycles. The molecule has 0 amide bonds. The molecule has 1 aromatic rings. The van der Waals surface area contributed by atoms with E-state index in [4.69, 9.17) is 0 Å². The molecule has 0 atom stereocenters. The Morgan fingerprint density at radius 3 is 2.60 bits per heavy atom. The van der Waals surface area contributed by atoms with Crippen LogP contribution in [0, 0.1) is 0 Å². The Morgan fingerprint density at radius 2 is 2.05 bits per heavy atom. The number of rotatable bonds is 9. The summed E-state index contributed by atoms with van der Waals surface area (Å²) < 4.78 is 26.6. The van der Waals surface area contributed by atoms with Crippen LogP contribution in [0.2, 0.25) is 0 Å². The number of sulfonamides is 1. The van der Waals surface area contributed by atoms with Gasteiger partial charge in [-0.3, -0.25) is 0 Å². The van der Waals surface area contributed by atoms with Gasteiger partial charge in [-0.2, -0.15) is 0 Å². The van der Waals surface area contributed by atoms with Crippen molar-refractivity contribution < 1.29 is 8.42 Å². The maximum Gasteiger partial charge on any atom is 0.211 e. The molecule has 2 N–H and O–H groups in total. The molecule has 0 radical (unpaired) electrons. The molecule has 1 heterocycles. The normalized spacial score (nSPS) is 13.1. The highest BCUT2D eigenvalue weighted by molar-refractivity contribution is 7.89. The van der Waals surface area contributed by atoms with Crippen molar-refractivity contribution in [2.24, 2.45) is 0 Å². The summed E-state index contributed by atoms with van der Waals surface area (Å²) in [5.41, 5.74) is -0.169. The Labute approximate surface area is 127 Å². The lowest BCUT2D eigenvalue weighted by Crippen LogP contribution is -2.38. The minimum absolute atomic E-state index is 0.169. The molecule has 0 aliphatic heterocycles. The van der Waals surface area contributed by atoms with Crippen LogP contribution in [0.15, 0.2) is 17.5 Å². The minimum atomic E-state index is -3.19. The van der Waals surface area contributed by atoms with Crippen LogP contribution in [-0.4, -0.2) is 33.3 Å². The van der Waals surface area contributed by atoms with E-state index in [-0.39, 0.29) is 11.2 Å². The van der Waals surface area contributed by atoms with Crippen LogP contribution in [0.5, 0.6) is 0 Å². The standard InChI is InChI=1S/C14H26N2O2S2/c1-12(2)15-8-6-10-20(17,18)16-11-14(3,4)13-7-5-9-19-13/h5,7,9,12,15-16H,6,8,10-11H2,1-4H3. The summed E-state index contributed by atoms with van der Waals surface area (Å²) in [4.78, 5) is 1.20. The zero-order chi connectivity index (χ0) is 15.2. The van der Waals surface area contributed by atoms with E-state index in [9.17, 15) is 8.42 Å². The second-order valence-electron chi connectivity index (χ2n) is 5.96. The fraction of sp³-hybridized carbons (Fsp3) is 0.714. The third kappa shape index (κ3) is 6.35. The van der Waals surface area contributed by atoms with Crippen LogP contribution in [-0.2, 0) is 15.4 Å². The van der Waals surface area contributed by atoms with E-state index in [2.05, 4.69) is 37.7 Å². The van der Waals surface area contributed by atoms with Gasteiger partial charge in [0.2, 0.25) is 10.0 Å². The van der Waals surface area contributed by atoms with Crippen LogP contribution in [0.25, 0.3) is 0 Å². The summed E-state index contributed by atoms with van der Waals surface area (Å²) in [6.07, 6.45) is 0.632. The number of thiophene rings is 1. The van der Waals surface area contributed by atoms with Gasteiger partial charge in [0, 0.05) is 22.9 Å². The molecule has 0 unspecified atom stereocenters. The second kappa shape index (κ2) is 7.54. The first kappa shape index (κ1) is 17.6. The largest absolute Gasteiger partial charge is 0.314 e. The highest BCUT2D eigenvalue weighted by Crippen LogP contribution is 2.26. The summed E-state index contributed by atoms with van der Waals surface area (Å²) in [5, 5.41) is 5.24. The quantitative estimate of drug-likeness (QED) is 0.687. The van der Waals surface area contributed by atoms with Crippen molar-refractivity contribution in [2.75, 3.05) is 18.8 Å². The van der Waals surface area contributed by atoms with Crippen molar-refractivity contribution in [3.05, 3.63) is 22.4 Å². The third-order valence-corrected chi connectivity index (χ3v) is 5.71. The van der Waals surface area contributed by atoms with Crippen molar-refractivity contribution in [1.29, 1.82) is 0 Å². The monoisotopic (exact) mass is 318 g/mol. The van der Waals surface area contributed by atoms with Crippen molar-refractivity contribution >= 4 is 21.4 Å². The summed E-state index contributed by atoms with van der Waals surface area (Å²) in [6, 6.07) is 4.43. The Morgan fingerprint density at radius 1 is 1.35 bits per heavy atom. The van der Waals surface area contributed by atoms with E-state index in [0.717, 1.165) is 6.54 Å². The lowest BCUT2D eigenvalue weighted by Gasteiger charge is -2.23. The van der Waals surface area contributed by atoms with Gasteiger partial charge in [-0.25, -0.2) is 13.1 Å². The zero-order valence-electron chi connectivity index (χ0n) is 12.8. The van der Waals surface area contributed by atoms with E-state index in [1.165, 1.54) is 4.88 Å². The van der Waals surface area contributed by atoms with Crippen molar-refractivity contribution in [3.8, 4) is 0 Å². The van der Waals surface area contributed by atoms with Gasteiger partial charge in [0.15, 0.2) is 0 Å². The highest BCUT2D eigenvalue weighted by atomic mass is 32.2. The maximum atomic E-state index is 12.0. The van der Waals surface area contributed by atoms with Crippen LogP contribution in [0.4, 0.5) is 0 Å². The molecule has 1 rings (SSSR count). The molecule has 20 heavy (non-hydrogen) atoms. The van der Waals surface area contributed by atoms with E-state index < -0.39 is 10.0 Å².